The van der Waals surface area contributed by atoms with E-state index in [-0.39, 0.29) is 21.4 Å². The maximum Gasteiger partial charge on any atom is 0.270 e. The summed E-state index contributed by atoms with van der Waals surface area (Å²) in [5, 5.41) is 3.91. The number of para-hydroxylation sites is 1. The van der Waals surface area contributed by atoms with Crippen molar-refractivity contribution in [3.8, 4) is 0 Å². The molecule has 2 aromatic heterocycles. The topological polar surface area (TPSA) is 105 Å². The molecule has 1 spiro atoms. The van der Waals surface area contributed by atoms with Crippen LogP contribution in [0.1, 0.15) is 42.4 Å². The smallest absolute Gasteiger partial charge is 0.270 e. The Balaban J connectivity index is 1.27. The Kier molecular flexibility index (Phi) is 5.97. The predicted molar refractivity (Wildman–Crippen MR) is 135 cm³/mol. The van der Waals surface area contributed by atoms with Crippen LogP contribution >= 0.6 is 11.3 Å². The van der Waals surface area contributed by atoms with Crippen molar-refractivity contribution >= 4 is 49.2 Å². The van der Waals surface area contributed by atoms with Gasteiger partial charge in [0, 0.05) is 51.1 Å². The number of likely N-dealkylation sites (tertiary alicyclic amines) is 1. The number of sulfonamides is 1. The van der Waals surface area contributed by atoms with Crippen molar-refractivity contribution in [3.63, 3.8) is 0 Å². The Morgan fingerprint density at radius 2 is 1.80 bits per heavy atom. The highest BCUT2D eigenvalue weighted by Crippen LogP contribution is 2.43. The van der Waals surface area contributed by atoms with Gasteiger partial charge >= 0.3 is 0 Å². The number of aryl methyl sites for hydroxylation is 2. The number of thiazole rings is 1. The van der Waals surface area contributed by atoms with E-state index in [1.54, 1.807) is 11.2 Å². The van der Waals surface area contributed by atoms with Crippen LogP contribution in [0.5, 0.6) is 0 Å². The molecular formula is C24H29N5O4S2. The third kappa shape index (κ3) is 4.25. The van der Waals surface area contributed by atoms with Crippen LogP contribution in [-0.4, -0.2) is 65.2 Å². The van der Waals surface area contributed by atoms with Crippen LogP contribution in [0, 0.1) is 12.3 Å². The fourth-order valence-electron chi connectivity index (χ4n) is 5.29. The zero-order valence-electron chi connectivity index (χ0n) is 20.1. The van der Waals surface area contributed by atoms with Crippen molar-refractivity contribution in [3.05, 3.63) is 41.7 Å². The van der Waals surface area contributed by atoms with Crippen molar-refractivity contribution in [1.29, 1.82) is 0 Å². The van der Waals surface area contributed by atoms with Crippen molar-refractivity contribution in [2.24, 2.45) is 12.5 Å². The van der Waals surface area contributed by atoms with Crippen molar-refractivity contribution in [1.82, 2.24) is 18.8 Å². The highest BCUT2D eigenvalue weighted by molar-refractivity contribution is 7.91. The van der Waals surface area contributed by atoms with Crippen LogP contribution in [0.25, 0.3) is 10.9 Å². The number of carbonyl (C=O) groups excluding carboxylic acids is 2. The molecule has 0 atom stereocenters. The number of hydrogen-bond acceptors (Lipinski definition) is 6. The third-order valence-corrected chi connectivity index (χ3v) is 10.8. The molecule has 11 heteroatoms. The van der Waals surface area contributed by atoms with Gasteiger partial charge in [0.2, 0.25) is 5.91 Å². The van der Waals surface area contributed by atoms with E-state index >= 15 is 0 Å². The number of fused-ring (bicyclic) bond motifs is 1. The zero-order chi connectivity index (χ0) is 25.0. The van der Waals surface area contributed by atoms with Gasteiger partial charge in [-0.25, -0.2) is 13.4 Å². The van der Waals surface area contributed by atoms with E-state index in [0.29, 0.717) is 42.7 Å². The van der Waals surface area contributed by atoms with Crippen LogP contribution in [0.4, 0.5) is 5.13 Å². The molecule has 9 nitrogen and oxygen atoms in total. The molecular weight excluding hydrogens is 486 g/mol. The highest BCUT2D eigenvalue weighted by Gasteiger charge is 2.46. The second-order valence-corrected chi connectivity index (χ2v) is 12.7. The van der Waals surface area contributed by atoms with Gasteiger partial charge in [-0.3, -0.25) is 9.59 Å². The minimum atomic E-state index is -3.70. The number of aromatic nitrogens is 2. The Labute approximate surface area is 208 Å². The lowest BCUT2D eigenvalue weighted by Gasteiger charge is -2.39. The fraction of sp³-hybridized carbons (Fsp3) is 0.458. The number of carbonyl (C=O) groups is 2. The SMILES string of the molecule is CC(=O)Nc1nc(C)c(S(=O)(=O)N2CCC3(CCN(C(=O)c4cc5ccccc5n4C)CC3)C2)s1. The average Bonchev–Trinajstić information content (AvgIpc) is 3.50. The normalized spacial score (nSPS) is 18.4. The van der Waals surface area contributed by atoms with Gasteiger partial charge in [0.05, 0.1) is 5.69 Å². The first-order valence-corrected chi connectivity index (χ1v) is 13.9. The van der Waals surface area contributed by atoms with Crippen molar-refractivity contribution in [2.75, 3.05) is 31.5 Å². The molecule has 5 rings (SSSR count). The third-order valence-electron chi connectivity index (χ3n) is 7.30. The molecule has 3 aromatic rings. The van der Waals surface area contributed by atoms with E-state index in [1.165, 1.54) is 6.92 Å². The van der Waals surface area contributed by atoms with E-state index in [4.69, 9.17) is 0 Å². The molecule has 2 fully saturated rings. The number of rotatable bonds is 4. The van der Waals surface area contributed by atoms with E-state index in [1.807, 2.05) is 46.8 Å². The van der Waals surface area contributed by atoms with Gasteiger partial charge < -0.3 is 14.8 Å². The molecule has 0 saturated carbocycles. The van der Waals surface area contributed by atoms with Crippen LogP contribution in [-0.2, 0) is 21.9 Å². The largest absolute Gasteiger partial charge is 0.340 e. The summed E-state index contributed by atoms with van der Waals surface area (Å²) in [6, 6.07) is 9.90. The summed E-state index contributed by atoms with van der Waals surface area (Å²) < 4.78 is 30.4. The number of piperidine rings is 1. The zero-order valence-corrected chi connectivity index (χ0v) is 21.7. The maximum atomic E-state index is 13.4. The summed E-state index contributed by atoms with van der Waals surface area (Å²) >= 11 is 0.994. The quantitative estimate of drug-likeness (QED) is 0.575. The molecule has 2 aliphatic heterocycles. The lowest BCUT2D eigenvalue weighted by atomic mass is 9.78. The maximum absolute atomic E-state index is 13.4. The molecule has 0 aliphatic carbocycles. The second-order valence-electron chi connectivity index (χ2n) is 9.60. The first kappa shape index (κ1) is 24.0. The Morgan fingerprint density at radius 1 is 1.11 bits per heavy atom. The molecule has 2 aliphatic rings. The number of amides is 2. The van der Waals surface area contributed by atoms with Crippen LogP contribution in [0.3, 0.4) is 0 Å². The summed E-state index contributed by atoms with van der Waals surface area (Å²) in [6.45, 7) is 5.13. The summed E-state index contributed by atoms with van der Waals surface area (Å²) in [6.07, 6.45) is 2.32. The van der Waals surface area contributed by atoms with Crippen LogP contribution in [0.15, 0.2) is 34.5 Å². The minimum Gasteiger partial charge on any atom is -0.340 e. The van der Waals surface area contributed by atoms with Gasteiger partial charge in [0.25, 0.3) is 15.9 Å². The molecule has 1 N–H and O–H groups in total. The molecule has 2 saturated heterocycles. The Hall–Kier alpha value is -2.76. The predicted octanol–water partition coefficient (Wildman–Crippen LogP) is 3.22. The molecule has 0 radical (unpaired) electrons. The summed E-state index contributed by atoms with van der Waals surface area (Å²) in [4.78, 5) is 30.7. The number of benzene rings is 1. The second kappa shape index (κ2) is 8.72. The highest BCUT2D eigenvalue weighted by atomic mass is 32.2. The van der Waals surface area contributed by atoms with E-state index in [9.17, 15) is 18.0 Å². The van der Waals surface area contributed by atoms with Gasteiger partial charge in [-0.05, 0) is 43.7 Å². The van der Waals surface area contributed by atoms with Crippen LogP contribution < -0.4 is 5.32 Å². The van der Waals surface area contributed by atoms with Gasteiger partial charge in [-0.1, -0.05) is 29.5 Å². The Bertz CT molecular complexity index is 1420. The van der Waals surface area contributed by atoms with Gasteiger partial charge in [0.15, 0.2) is 9.34 Å². The lowest BCUT2D eigenvalue weighted by molar-refractivity contribution is -0.114. The fourth-order valence-corrected chi connectivity index (χ4v) is 8.44. The number of nitrogens with one attached hydrogen (secondary N) is 1. The van der Waals surface area contributed by atoms with Gasteiger partial charge in [-0.2, -0.15) is 4.31 Å². The average molecular weight is 516 g/mol. The van der Waals surface area contributed by atoms with Crippen molar-refractivity contribution in [2.45, 2.75) is 37.3 Å². The first-order chi connectivity index (χ1) is 16.6. The molecule has 35 heavy (non-hydrogen) atoms. The van der Waals surface area contributed by atoms with E-state index in [2.05, 4.69) is 10.3 Å². The molecule has 186 valence electrons. The molecule has 4 heterocycles. The lowest BCUT2D eigenvalue weighted by Crippen LogP contribution is -2.45. The van der Waals surface area contributed by atoms with E-state index in [0.717, 1.165) is 41.5 Å². The summed E-state index contributed by atoms with van der Waals surface area (Å²) in [7, 11) is -1.78. The molecule has 1 aromatic carbocycles. The van der Waals surface area contributed by atoms with Crippen LogP contribution in [0.2, 0.25) is 0 Å². The van der Waals surface area contributed by atoms with Gasteiger partial charge in [-0.15, -0.1) is 0 Å². The molecule has 2 amide bonds. The first-order valence-electron chi connectivity index (χ1n) is 11.7. The monoisotopic (exact) mass is 515 g/mol. The van der Waals surface area contributed by atoms with Crippen molar-refractivity contribution < 1.29 is 18.0 Å². The molecule has 0 unspecified atom stereocenters. The number of hydrogen-bond donors (Lipinski definition) is 1. The Morgan fingerprint density at radius 3 is 2.49 bits per heavy atom. The number of nitrogens with zero attached hydrogens (tertiary/aromatic N) is 4. The van der Waals surface area contributed by atoms with E-state index < -0.39 is 10.0 Å². The summed E-state index contributed by atoms with van der Waals surface area (Å²) in [5.41, 5.74) is 1.98. The number of anilines is 1. The summed E-state index contributed by atoms with van der Waals surface area (Å²) in [5.74, 6) is -0.264. The minimum absolute atomic E-state index is 0.0202. The standard InChI is InChI=1S/C24H29N5O4S2/c1-16-22(34-23(25-16)26-17(2)30)35(32,33)29-13-10-24(15-29)8-11-28(12-9-24)21(31)20-14-18-6-4-5-7-19(18)27(20)3/h4-7,14H,8-13,15H2,1-3H3,(H,25,26,30). The molecule has 0 bridgehead atoms. The van der Waals surface area contributed by atoms with Gasteiger partial charge in [0.1, 0.15) is 5.69 Å².